The predicted octanol–water partition coefficient (Wildman–Crippen LogP) is 1.82. The molecule has 0 heterocycles. The molecular weight excluding hydrogens is 279 g/mol. The van der Waals surface area contributed by atoms with Gasteiger partial charge >= 0.3 is 15.6 Å². The first-order chi connectivity index (χ1) is 7.63. The number of hydrogen-bond donors (Lipinski definition) is 0. The summed E-state index contributed by atoms with van der Waals surface area (Å²) < 4.78 is 60.6. The third kappa shape index (κ3) is 3.06. The summed E-state index contributed by atoms with van der Waals surface area (Å²) >= 11 is 0. The minimum atomic E-state index is -5.75. The maximum Gasteiger partial charge on any atom is 0.534 e. The Balaban J connectivity index is 2.95. The lowest BCUT2D eigenvalue weighted by Crippen LogP contribution is -2.28. The van der Waals surface area contributed by atoms with E-state index in [0.717, 1.165) is 24.3 Å². The van der Waals surface area contributed by atoms with E-state index in [2.05, 4.69) is 4.18 Å². The molecule has 0 aliphatic carbocycles. The summed E-state index contributed by atoms with van der Waals surface area (Å²) in [5, 5.41) is 10.2. The molecule has 94 valence electrons. The Bertz CT molecular complexity index is 521. The molecule has 1 aromatic carbocycles. The number of nitro groups is 1. The quantitative estimate of drug-likeness (QED) is 0.365. The smallest absolute Gasteiger partial charge is 0.376 e. The fourth-order valence-electron chi connectivity index (χ4n) is 0.797. The van der Waals surface area contributed by atoms with Crippen LogP contribution in [-0.4, -0.2) is 18.8 Å². The number of benzene rings is 1. The zero-order valence-electron chi connectivity index (χ0n) is 7.84. The predicted molar refractivity (Wildman–Crippen MR) is 48.7 cm³/mol. The molecule has 0 aliphatic heterocycles. The zero-order chi connectivity index (χ0) is 13.3. The molecule has 0 aromatic heterocycles. The van der Waals surface area contributed by atoms with Crippen LogP contribution in [0.5, 0.6) is 5.75 Å². The lowest BCUT2D eigenvalue weighted by molar-refractivity contribution is -0.384. The van der Waals surface area contributed by atoms with Gasteiger partial charge < -0.3 is 4.18 Å². The molecule has 0 atom stereocenters. The van der Waals surface area contributed by atoms with Crippen molar-refractivity contribution in [2.45, 2.75) is 5.51 Å². The third-order valence-corrected chi connectivity index (χ3v) is 2.52. The minimum absolute atomic E-state index is 0.401. The summed E-state index contributed by atoms with van der Waals surface area (Å²) in [7, 11) is -5.75. The fourth-order valence-corrected chi connectivity index (χ4v) is 1.26. The first kappa shape index (κ1) is 13.2. The Kier molecular flexibility index (Phi) is 3.27. The van der Waals surface area contributed by atoms with Crippen molar-refractivity contribution in [3.8, 4) is 5.75 Å². The van der Waals surface area contributed by atoms with E-state index >= 15 is 0 Å². The van der Waals surface area contributed by atoms with Gasteiger partial charge in [0.2, 0.25) is 0 Å². The van der Waals surface area contributed by atoms with E-state index < -0.39 is 32.0 Å². The van der Waals surface area contributed by atoms with Crippen LogP contribution < -0.4 is 4.18 Å². The summed E-state index contributed by atoms with van der Waals surface area (Å²) in [6, 6.07) is 3.14. The summed E-state index contributed by atoms with van der Waals surface area (Å²) in [6.45, 7) is 0. The van der Waals surface area contributed by atoms with Crippen LogP contribution in [-0.2, 0) is 10.1 Å². The average Bonchev–Trinajstić information content (AvgIpc) is 2.16. The van der Waals surface area contributed by atoms with Crippen LogP contribution in [0.15, 0.2) is 24.3 Å². The van der Waals surface area contributed by atoms with Crippen LogP contribution >= 0.6 is 0 Å². The van der Waals surface area contributed by atoms with E-state index in [1.54, 1.807) is 0 Å². The van der Waals surface area contributed by atoms with Gasteiger partial charge in [-0.3, -0.25) is 10.1 Å². The first-order valence-electron chi connectivity index (χ1n) is 3.89. The molecule has 1 rings (SSSR count). The van der Waals surface area contributed by atoms with Gasteiger partial charge in [-0.1, -0.05) is 0 Å². The minimum Gasteiger partial charge on any atom is -0.376 e. The average molecular weight is 283 g/mol. The SMILES string of the molecule is O=[N+]([O-])[14c]1[14cH][14cH][14c](OS(=O)(=O)C(F)(F)F)[14cH][14cH]1. The number of halogens is 3. The highest BCUT2D eigenvalue weighted by Gasteiger charge is 2.48. The van der Waals surface area contributed by atoms with Gasteiger partial charge in [0.25, 0.3) is 5.69 Å². The van der Waals surface area contributed by atoms with Crippen molar-refractivity contribution < 1.29 is 30.7 Å². The van der Waals surface area contributed by atoms with E-state index in [9.17, 15) is 31.7 Å². The lowest BCUT2D eigenvalue weighted by atomic mass is 11.6. The molecule has 1 aromatic rings. The maximum absolute atomic E-state index is 11.9. The lowest BCUT2D eigenvalue weighted by Gasteiger charge is -2.08. The highest BCUT2D eigenvalue weighted by Crippen LogP contribution is 2.27. The Morgan fingerprint density at radius 1 is 1.18 bits per heavy atom. The van der Waals surface area contributed by atoms with Gasteiger partial charge in [0.15, 0.2) is 0 Å². The summed E-state index contributed by atoms with van der Waals surface area (Å²) in [5.41, 5.74) is -5.95. The molecule has 0 aliphatic rings. The molecule has 0 fully saturated rings. The molecule has 0 unspecified atom stereocenters. The summed E-state index contributed by atoms with van der Waals surface area (Å²) in [5.74, 6) is -0.659. The second-order valence-corrected chi connectivity index (χ2v) is 4.27. The van der Waals surface area contributed by atoms with E-state index in [1.165, 1.54) is 0 Å². The van der Waals surface area contributed by atoms with Crippen LogP contribution in [0.1, 0.15) is 0 Å². The number of nitrogens with zero attached hydrogens (tertiary/aromatic N) is 1. The van der Waals surface area contributed by atoms with Gasteiger partial charge in [-0.2, -0.15) is 21.6 Å². The van der Waals surface area contributed by atoms with E-state index in [4.69, 9.17) is 0 Å². The Labute approximate surface area is 92.9 Å². The van der Waals surface area contributed by atoms with Crippen LogP contribution in [0.4, 0.5) is 18.9 Å². The van der Waals surface area contributed by atoms with Crippen molar-refractivity contribution in [1.29, 1.82) is 0 Å². The van der Waals surface area contributed by atoms with Gasteiger partial charge in [0, 0.05) is 12.1 Å². The standard InChI is InChI=1S/C7H4F3NO5S/c8-7(9,10)17(14,15)16-6-3-1-5(2-4-6)11(12)13/h1-4H/i1+2,2+2,3+2,4+2,5+2,6+2. The second-order valence-electron chi connectivity index (χ2n) is 2.73. The van der Waals surface area contributed by atoms with Crippen molar-refractivity contribution in [3.63, 3.8) is 0 Å². The number of rotatable bonds is 3. The highest BCUT2D eigenvalue weighted by molar-refractivity contribution is 7.87. The molecule has 0 amide bonds. The fraction of sp³-hybridized carbons (Fsp3) is 0.143. The van der Waals surface area contributed by atoms with Crippen LogP contribution in [0, 0.1) is 10.1 Å². The monoisotopic (exact) mass is 283 g/mol. The molecule has 0 spiro atoms. The second kappa shape index (κ2) is 4.20. The van der Waals surface area contributed by atoms with Crippen molar-refractivity contribution in [3.05, 3.63) is 34.4 Å². The molecular formula is C7H4F3NO5S. The van der Waals surface area contributed by atoms with Gasteiger partial charge in [0.05, 0.1) is 4.92 Å². The topological polar surface area (TPSA) is 86.5 Å². The molecule has 17 heavy (non-hydrogen) atoms. The number of hydrogen-bond acceptors (Lipinski definition) is 5. The number of non-ortho nitro benzene ring substituents is 1. The Morgan fingerprint density at radius 2 is 1.65 bits per heavy atom. The van der Waals surface area contributed by atoms with Gasteiger partial charge in [0.1, 0.15) is 5.75 Å². The zero-order valence-corrected chi connectivity index (χ0v) is 8.66. The molecule has 0 bridgehead atoms. The molecule has 10 heteroatoms. The highest BCUT2D eigenvalue weighted by atomic mass is 32.2. The third-order valence-electron chi connectivity index (χ3n) is 1.54. The van der Waals surface area contributed by atoms with Gasteiger partial charge in [-0.25, -0.2) is 0 Å². The normalized spacial score (nSPS) is 12.2. The molecule has 0 saturated heterocycles. The van der Waals surface area contributed by atoms with Crippen molar-refractivity contribution in [2.24, 2.45) is 0 Å². The van der Waals surface area contributed by atoms with Crippen LogP contribution in [0.3, 0.4) is 0 Å². The first-order valence-corrected chi connectivity index (χ1v) is 5.29. The Morgan fingerprint density at radius 3 is 2.00 bits per heavy atom. The van der Waals surface area contributed by atoms with Crippen molar-refractivity contribution >= 4 is 15.8 Å². The van der Waals surface area contributed by atoms with Gasteiger partial charge in [-0.15, -0.1) is 0 Å². The maximum atomic E-state index is 11.9. The molecule has 0 saturated carbocycles. The van der Waals surface area contributed by atoms with Gasteiger partial charge in [-0.05, 0) is 12.1 Å². The number of nitro benzene ring substituents is 1. The molecule has 0 N–H and O–H groups in total. The van der Waals surface area contributed by atoms with Crippen molar-refractivity contribution in [1.82, 2.24) is 0 Å². The van der Waals surface area contributed by atoms with Crippen molar-refractivity contribution in [2.75, 3.05) is 0 Å². The summed E-state index contributed by atoms with van der Waals surface area (Å²) in [6.07, 6.45) is 0. The Hall–Kier alpha value is -1.84. The van der Waals surface area contributed by atoms with E-state index in [-0.39, 0.29) is 0 Å². The van der Waals surface area contributed by atoms with E-state index in [1.807, 2.05) is 0 Å². The largest absolute Gasteiger partial charge is 0.534 e. The molecule has 0 radical (unpaired) electrons. The van der Waals surface area contributed by atoms with Crippen LogP contribution in [0.25, 0.3) is 0 Å². The van der Waals surface area contributed by atoms with Crippen LogP contribution in [0.2, 0.25) is 0 Å². The summed E-state index contributed by atoms with van der Waals surface area (Å²) in [4.78, 5) is 9.43. The molecule has 6 nitrogen and oxygen atoms in total. The van der Waals surface area contributed by atoms with E-state index in [0.29, 0.717) is 0 Å². The number of alkyl halides is 3.